The van der Waals surface area contributed by atoms with Crippen LogP contribution in [0.25, 0.3) is 0 Å². The van der Waals surface area contributed by atoms with E-state index in [1.807, 2.05) is 41.5 Å². The molecule has 1 amide bonds. The van der Waals surface area contributed by atoms with Crippen LogP contribution in [-0.2, 0) is 0 Å². The van der Waals surface area contributed by atoms with E-state index in [0.717, 1.165) is 41.3 Å². The van der Waals surface area contributed by atoms with Crippen LogP contribution < -0.4 is 9.80 Å². The van der Waals surface area contributed by atoms with E-state index in [2.05, 4.69) is 18.0 Å². The van der Waals surface area contributed by atoms with Crippen molar-refractivity contribution < 1.29 is 4.79 Å². The van der Waals surface area contributed by atoms with E-state index in [1.165, 1.54) is 11.3 Å². The molecular weight excluding hydrogens is 268 g/mol. The Morgan fingerprint density at radius 3 is 2.60 bits per heavy atom. The van der Waals surface area contributed by atoms with Gasteiger partial charge in [-0.2, -0.15) is 0 Å². The van der Waals surface area contributed by atoms with Crippen molar-refractivity contribution in [3.05, 3.63) is 46.2 Å². The number of hydrogen-bond acceptors (Lipinski definition) is 3. The highest BCUT2D eigenvalue weighted by Gasteiger charge is 2.25. The van der Waals surface area contributed by atoms with Crippen LogP contribution in [-0.4, -0.2) is 26.0 Å². The zero-order valence-corrected chi connectivity index (χ0v) is 12.6. The van der Waals surface area contributed by atoms with E-state index >= 15 is 0 Å². The van der Waals surface area contributed by atoms with Crippen molar-refractivity contribution in [2.75, 3.05) is 29.9 Å². The lowest BCUT2D eigenvalue weighted by Gasteiger charge is -2.24. The molecule has 1 aromatic heterocycles. The highest BCUT2D eigenvalue weighted by molar-refractivity contribution is 7.12. The SMILES string of the molecule is Cc1ccsc1C(=O)N1CCCN(C)c2ccccc21. The molecule has 3 nitrogen and oxygen atoms in total. The van der Waals surface area contributed by atoms with Gasteiger partial charge in [-0.25, -0.2) is 0 Å². The van der Waals surface area contributed by atoms with E-state index in [1.54, 1.807) is 0 Å². The Labute approximate surface area is 123 Å². The minimum absolute atomic E-state index is 0.125. The molecule has 0 fully saturated rings. The molecule has 0 N–H and O–H groups in total. The minimum atomic E-state index is 0.125. The molecule has 4 heteroatoms. The number of rotatable bonds is 1. The van der Waals surface area contributed by atoms with Crippen molar-refractivity contribution in [3.63, 3.8) is 0 Å². The Hall–Kier alpha value is -1.81. The van der Waals surface area contributed by atoms with E-state index in [0.29, 0.717) is 0 Å². The summed E-state index contributed by atoms with van der Waals surface area (Å²) in [6.07, 6.45) is 0.987. The van der Waals surface area contributed by atoms with Gasteiger partial charge in [0.25, 0.3) is 5.91 Å². The van der Waals surface area contributed by atoms with E-state index < -0.39 is 0 Å². The van der Waals surface area contributed by atoms with Crippen LogP contribution in [0.5, 0.6) is 0 Å². The van der Waals surface area contributed by atoms with Gasteiger partial charge in [0.05, 0.1) is 16.3 Å². The molecule has 0 spiro atoms. The van der Waals surface area contributed by atoms with Crippen molar-refractivity contribution >= 4 is 28.6 Å². The summed E-state index contributed by atoms with van der Waals surface area (Å²) in [5.74, 6) is 0.125. The molecular formula is C16H18N2OS. The molecule has 0 unspecified atom stereocenters. The Bertz CT molecular complexity index is 635. The largest absolute Gasteiger partial charge is 0.373 e. The topological polar surface area (TPSA) is 23.6 Å². The third-order valence-electron chi connectivity index (χ3n) is 3.76. The summed E-state index contributed by atoms with van der Waals surface area (Å²) in [7, 11) is 2.09. The second-order valence-electron chi connectivity index (χ2n) is 5.15. The number of hydrogen-bond donors (Lipinski definition) is 0. The lowest BCUT2D eigenvalue weighted by Crippen LogP contribution is -2.31. The van der Waals surface area contributed by atoms with Gasteiger partial charge in [-0.15, -0.1) is 11.3 Å². The first-order valence-corrected chi connectivity index (χ1v) is 7.72. The van der Waals surface area contributed by atoms with Crippen molar-refractivity contribution in [2.24, 2.45) is 0 Å². The predicted octanol–water partition coefficient (Wildman–Crippen LogP) is 3.54. The molecule has 20 heavy (non-hydrogen) atoms. The standard InChI is InChI=1S/C16H18N2OS/c1-12-8-11-20-15(12)16(19)18-10-5-9-17(2)13-6-3-4-7-14(13)18/h3-4,6-8,11H,5,9-10H2,1-2H3. The molecule has 0 bridgehead atoms. The number of fused-ring (bicyclic) bond motifs is 1. The molecule has 1 aliphatic heterocycles. The molecule has 0 aliphatic carbocycles. The minimum Gasteiger partial charge on any atom is -0.373 e. The highest BCUT2D eigenvalue weighted by atomic mass is 32.1. The quantitative estimate of drug-likeness (QED) is 0.800. The van der Waals surface area contributed by atoms with Gasteiger partial charge < -0.3 is 9.80 Å². The second-order valence-corrected chi connectivity index (χ2v) is 6.07. The molecule has 0 saturated heterocycles. The number of carbonyl (C=O) groups is 1. The van der Waals surface area contributed by atoms with Gasteiger partial charge in [0.15, 0.2) is 0 Å². The third kappa shape index (κ3) is 2.20. The maximum atomic E-state index is 12.8. The molecule has 104 valence electrons. The first-order valence-electron chi connectivity index (χ1n) is 6.84. The molecule has 2 aromatic rings. The first-order chi connectivity index (χ1) is 9.68. The van der Waals surface area contributed by atoms with Crippen molar-refractivity contribution in [1.82, 2.24) is 0 Å². The maximum absolute atomic E-state index is 12.8. The van der Waals surface area contributed by atoms with Crippen molar-refractivity contribution in [3.8, 4) is 0 Å². The molecule has 3 rings (SSSR count). The fourth-order valence-corrected chi connectivity index (χ4v) is 3.52. The fraction of sp³-hybridized carbons (Fsp3) is 0.312. The van der Waals surface area contributed by atoms with E-state index in [4.69, 9.17) is 0 Å². The van der Waals surface area contributed by atoms with Crippen molar-refractivity contribution in [1.29, 1.82) is 0 Å². The normalized spacial score (nSPS) is 14.9. The number of aryl methyl sites for hydroxylation is 1. The summed E-state index contributed by atoms with van der Waals surface area (Å²) in [5, 5.41) is 1.98. The van der Waals surface area contributed by atoms with Gasteiger partial charge in [-0.3, -0.25) is 4.79 Å². The highest BCUT2D eigenvalue weighted by Crippen LogP contribution is 2.33. The van der Waals surface area contributed by atoms with Gasteiger partial charge >= 0.3 is 0 Å². The Morgan fingerprint density at radius 2 is 1.90 bits per heavy atom. The lowest BCUT2D eigenvalue weighted by molar-refractivity contribution is 0.0990. The molecule has 1 aromatic carbocycles. The van der Waals surface area contributed by atoms with Gasteiger partial charge in [-0.1, -0.05) is 12.1 Å². The van der Waals surface area contributed by atoms with Gasteiger partial charge in [0.2, 0.25) is 0 Å². The number of para-hydroxylation sites is 2. The van der Waals surface area contributed by atoms with E-state index in [9.17, 15) is 4.79 Å². The Kier molecular flexibility index (Phi) is 3.49. The molecule has 0 saturated carbocycles. The summed E-state index contributed by atoms with van der Waals surface area (Å²) in [4.78, 5) is 17.8. The zero-order valence-electron chi connectivity index (χ0n) is 11.8. The molecule has 1 aliphatic rings. The average molecular weight is 286 g/mol. The first kappa shape index (κ1) is 13.2. The molecule has 0 atom stereocenters. The van der Waals surface area contributed by atoms with Crippen molar-refractivity contribution in [2.45, 2.75) is 13.3 Å². The van der Waals surface area contributed by atoms with Crippen LogP contribution in [0.15, 0.2) is 35.7 Å². The summed E-state index contributed by atoms with van der Waals surface area (Å²) in [6, 6.07) is 10.2. The zero-order chi connectivity index (χ0) is 14.1. The van der Waals surface area contributed by atoms with Crippen LogP contribution in [0.3, 0.4) is 0 Å². The van der Waals surface area contributed by atoms with Crippen LogP contribution in [0.4, 0.5) is 11.4 Å². The average Bonchev–Trinajstić information content (AvgIpc) is 2.81. The fourth-order valence-electron chi connectivity index (χ4n) is 2.65. The Balaban J connectivity index is 2.03. The number of benzene rings is 1. The number of carbonyl (C=O) groups excluding carboxylic acids is 1. The monoisotopic (exact) mass is 286 g/mol. The summed E-state index contributed by atoms with van der Waals surface area (Å²) in [6.45, 7) is 3.75. The number of amides is 1. The van der Waals surface area contributed by atoms with Gasteiger partial charge in [0, 0.05) is 20.1 Å². The van der Waals surface area contributed by atoms with Gasteiger partial charge in [-0.05, 0) is 42.5 Å². The second kappa shape index (κ2) is 5.29. The molecule has 2 heterocycles. The van der Waals surface area contributed by atoms with Crippen LogP contribution in [0, 0.1) is 6.92 Å². The summed E-state index contributed by atoms with van der Waals surface area (Å²) in [5.41, 5.74) is 3.22. The third-order valence-corrected chi connectivity index (χ3v) is 4.76. The smallest absolute Gasteiger partial charge is 0.268 e. The van der Waals surface area contributed by atoms with Gasteiger partial charge in [0.1, 0.15) is 0 Å². The lowest BCUT2D eigenvalue weighted by atomic mass is 10.2. The molecule has 0 radical (unpaired) electrons. The van der Waals surface area contributed by atoms with Crippen LogP contribution in [0.1, 0.15) is 21.7 Å². The maximum Gasteiger partial charge on any atom is 0.268 e. The summed E-state index contributed by atoms with van der Waals surface area (Å²) >= 11 is 1.53. The van der Waals surface area contributed by atoms with E-state index in [-0.39, 0.29) is 5.91 Å². The predicted molar refractivity (Wildman–Crippen MR) is 85.1 cm³/mol. The number of thiophene rings is 1. The number of nitrogens with zero attached hydrogens (tertiary/aromatic N) is 2. The van der Waals surface area contributed by atoms with Crippen LogP contribution in [0.2, 0.25) is 0 Å². The summed E-state index contributed by atoms with van der Waals surface area (Å²) < 4.78 is 0. The van der Waals surface area contributed by atoms with Crippen LogP contribution >= 0.6 is 11.3 Å². The number of anilines is 2. The Morgan fingerprint density at radius 1 is 1.15 bits per heavy atom.